The topological polar surface area (TPSA) is 164 Å². The minimum absolute atomic E-state index is 0. The van der Waals surface area contributed by atoms with E-state index in [2.05, 4.69) is 15.1 Å². The Morgan fingerprint density at radius 2 is 1.70 bits per heavy atom. The zero-order chi connectivity index (χ0) is 30.3. The molecule has 1 atom stereocenters. The van der Waals surface area contributed by atoms with E-state index in [9.17, 15) is 22.8 Å². The summed E-state index contributed by atoms with van der Waals surface area (Å²) in [5.74, 6) is 2.45. The minimum atomic E-state index is -4.59. The quantitative estimate of drug-likeness (QED) is 0.0681. The molecule has 1 aliphatic carbocycles. The number of nitrogens with zero attached hydrogens (tertiary/aromatic N) is 3. The molecule has 1 saturated heterocycles. The highest BCUT2D eigenvalue weighted by molar-refractivity contribution is 7.89. The number of carbonyl (C=O) groups is 3. The number of sulfonamides is 1. The fourth-order valence-corrected chi connectivity index (χ4v) is 7.27. The number of ether oxygens (including phenoxy) is 1. The minimum Gasteiger partial charge on any atom is -0.410 e. The van der Waals surface area contributed by atoms with Crippen LogP contribution in [0.15, 0.2) is 52.5 Å². The third kappa shape index (κ3) is 7.28. The maximum Gasteiger partial charge on any atom is 0.365 e. The van der Waals surface area contributed by atoms with Crippen molar-refractivity contribution in [1.82, 2.24) is 19.8 Å². The van der Waals surface area contributed by atoms with Crippen LogP contribution < -0.4 is 15.9 Å². The number of carbonyl (C=O) groups excluding carboxylic acids is 3. The number of esters is 1. The van der Waals surface area contributed by atoms with E-state index in [0.717, 1.165) is 29.5 Å². The molecular weight excluding hydrogens is 596 g/mol. The number of rotatable bonds is 10. The molecule has 2 aromatic carbocycles. The van der Waals surface area contributed by atoms with Gasteiger partial charge in [0, 0.05) is 25.6 Å². The van der Waals surface area contributed by atoms with Crippen molar-refractivity contribution in [3.8, 4) is 0 Å². The van der Waals surface area contributed by atoms with E-state index in [1.54, 1.807) is 25.1 Å². The van der Waals surface area contributed by atoms with Gasteiger partial charge in [-0.15, -0.1) is 12.4 Å². The van der Waals surface area contributed by atoms with Gasteiger partial charge >= 0.3 is 5.97 Å². The van der Waals surface area contributed by atoms with Crippen LogP contribution in [-0.4, -0.2) is 80.3 Å². The number of benzene rings is 2. The predicted molar refractivity (Wildman–Crippen MR) is 166 cm³/mol. The lowest BCUT2D eigenvalue weighted by Crippen LogP contribution is -2.76. The van der Waals surface area contributed by atoms with E-state index in [1.165, 1.54) is 24.1 Å². The van der Waals surface area contributed by atoms with E-state index in [-0.39, 0.29) is 29.8 Å². The predicted octanol–water partition coefficient (Wildman–Crippen LogP) is 2.46. The van der Waals surface area contributed by atoms with Gasteiger partial charge in [-0.1, -0.05) is 56.5 Å². The second-order valence-electron chi connectivity index (χ2n) is 10.8. The summed E-state index contributed by atoms with van der Waals surface area (Å²) < 4.78 is 36.0. The van der Waals surface area contributed by atoms with Gasteiger partial charge < -0.3 is 25.7 Å². The lowest BCUT2D eigenvalue weighted by molar-refractivity contribution is -0.174. The molecule has 14 heteroatoms. The van der Waals surface area contributed by atoms with E-state index < -0.39 is 39.5 Å². The Kier molecular flexibility index (Phi) is 11.9. The molecule has 1 heterocycles. The van der Waals surface area contributed by atoms with Gasteiger partial charge in [-0.05, 0) is 61.7 Å². The second-order valence-corrected chi connectivity index (χ2v) is 12.5. The lowest BCUT2D eigenvalue weighted by atomic mass is 9.90. The van der Waals surface area contributed by atoms with Crippen molar-refractivity contribution >= 4 is 57.4 Å². The van der Waals surface area contributed by atoms with Crippen LogP contribution in [0.1, 0.15) is 58.3 Å². The van der Waals surface area contributed by atoms with Gasteiger partial charge in [0.05, 0.1) is 4.90 Å². The van der Waals surface area contributed by atoms with Crippen molar-refractivity contribution in [3.63, 3.8) is 0 Å². The van der Waals surface area contributed by atoms with Crippen LogP contribution in [0.3, 0.4) is 0 Å². The lowest BCUT2D eigenvalue weighted by Gasteiger charge is -2.47. The molecule has 4 rings (SSSR count). The fraction of sp³-hybridized carbons (Fsp3) is 0.517. The first-order valence-corrected chi connectivity index (χ1v) is 15.9. The summed E-state index contributed by atoms with van der Waals surface area (Å²) in [5.41, 5.74) is -2.75. The van der Waals surface area contributed by atoms with Crippen LogP contribution in [-0.2, 0) is 29.1 Å². The first kappa shape index (κ1) is 34.2. The molecule has 1 aliphatic heterocycles. The van der Waals surface area contributed by atoms with E-state index in [1.807, 2.05) is 12.1 Å². The zero-order valence-electron chi connectivity index (χ0n) is 24.5. The average Bonchev–Trinajstić information content (AvgIpc) is 3.02. The van der Waals surface area contributed by atoms with Crippen molar-refractivity contribution in [3.05, 3.63) is 42.5 Å². The van der Waals surface area contributed by atoms with E-state index >= 15 is 0 Å². The van der Waals surface area contributed by atoms with Crippen molar-refractivity contribution in [1.29, 1.82) is 0 Å². The van der Waals surface area contributed by atoms with Gasteiger partial charge in [-0.2, -0.15) is 9.82 Å². The summed E-state index contributed by atoms with van der Waals surface area (Å²) in [6, 6.07) is 10.8. The fourth-order valence-electron chi connectivity index (χ4n) is 5.96. The molecule has 4 N–H and O–H groups in total. The molecule has 1 unspecified atom stereocenters. The molecule has 236 valence electrons. The summed E-state index contributed by atoms with van der Waals surface area (Å²) >= 11 is 0. The van der Waals surface area contributed by atoms with Crippen LogP contribution >= 0.6 is 12.4 Å². The number of piperidine rings is 1. The molecule has 0 radical (unpaired) electrons. The second kappa shape index (κ2) is 15.0. The van der Waals surface area contributed by atoms with Crippen LogP contribution in [0.4, 0.5) is 0 Å². The van der Waals surface area contributed by atoms with Gasteiger partial charge in [-0.25, -0.2) is 13.2 Å². The van der Waals surface area contributed by atoms with Gasteiger partial charge in [0.2, 0.25) is 22.3 Å². The molecule has 1 saturated carbocycles. The van der Waals surface area contributed by atoms with Gasteiger partial charge in [0.25, 0.3) is 11.6 Å². The molecule has 2 fully saturated rings. The molecular formula is C29H41ClN6O6S. The molecule has 2 aliphatic rings. The Bertz CT molecular complexity index is 1430. The maximum absolute atomic E-state index is 14.7. The van der Waals surface area contributed by atoms with Gasteiger partial charge in [0.1, 0.15) is 0 Å². The summed E-state index contributed by atoms with van der Waals surface area (Å²) in [4.78, 5) is 44.9. The largest absolute Gasteiger partial charge is 0.410 e. The highest BCUT2D eigenvalue weighted by Gasteiger charge is 2.60. The van der Waals surface area contributed by atoms with Crippen LogP contribution in [0.5, 0.6) is 0 Å². The number of amides is 2. The molecule has 43 heavy (non-hydrogen) atoms. The monoisotopic (exact) mass is 636 g/mol. The number of halogens is 1. The number of nitrogens with one attached hydrogen (secondary N) is 2. The first-order valence-electron chi connectivity index (χ1n) is 14.4. The number of hydrogen-bond acceptors (Lipinski definition) is 9. The van der Waals surface area contributed by atoms with Crippen LogP contribution in [0, 0.1) is 0 Å². The Morgan fingerprint density at radius 1 is 1.05 bits per heavy atom. The Labute approximate surface area is 258 Å². The molecule has 0 spiro atoms. The van der Waals surface area contributed by atoms with Crippen LogP contribution in [0.2, 0.25) is 0 Å². The molecule has 0 aromatic heterocycles. The molecule has 0 bridgehead atoms. The zero-order valence-corrected chi connectivity index (χ0v) is 26.2. The summed E-state index contributed by atoms with van der Waals surface area (Å²) in [5, 5.41) is 7.93. The number of hydrogen-bond donors (Lipinski definition) is 3. The Morgan fingerprint density at radius 3 is 2.33 bits per heavy atom. The summed E-state index contributed by atoms with van der Waals surface area (Å²) in [7, 11) is -3.07. The van der Waals surface area contributed by atoms with Crippen LogP contribution in [0.25, 0.3) is 10.8 Å². The summed E-state index contributed by atoms with van der Waals surface area (Å²) in [6.45, 7) is 2.89. The van der Waals surface area contributed by atoms with Crippen molar-refractivity contribution in [2.24, 2.45) is 10.9 Å². The highest BCUT2D eigenvalue weighted by atomic mass is 35.5. The number of hydrazone groups is 1. The highest BCUT2D eigenvalue weighted by Crippen LogP contribution is 2.33. The Balaban J connectivity index is 0.00000506. The van der Waals surface area contributed by atoms with Crippen molar-refractivity contribution in [2.45, 2.75) is 80.9 Å². The third-order valence-corrected chi connectivity index (χ3v) is 9.63. The number of fused-ring (bicyclic) bond motifs is 1. The van der Waals surface area contributed by atoms with Crippen molar-refractivity contribution < 1.29 is 27.5 Å². The Hall–Kier alpha value is -3.26. The SMILES string of the molecule is CCC(=O)N(C1CCCCC1)C(NS(=O)(=O)c1ccc2ccccc2c1)(C(=O)OC=NN)C(=O)N(C)C1CCNCC1.Cl. The van der Waals surface area contributed by atoms with E-state index in [0.29, 0.717) is 50.6 Å². The molecule has 2 aromatic rings. The molecule has 2 amide bonds. The van der Waals surface area contributed by atoms with Gasteiger partial charge in [-0.3, -0.25) is 9.59 Å². The smallest absolute Gasteiger partial charge is 0.365 e. The van der Waals surface area contributed by atoms with Gasteiger partial charge in [0.15, 0.2) is 0 Å². The van der Waals surface area contributed by atoms with E-state index in [4.69, 9.17) is 10.6 Å². The van der Waals surface area contributed by atoms with Crippen molar-refractivity contribution in [2.75, 3.05) is 20.1 Å². The maximum atomic E-state index is 14.7. The molecule has 12 nitrogen and oxygen atoms in total. The standard InChI is InChI=1S/C29H40N6O6S.ClH/c1-3-26(36)35(24-11-5-4-6-12-24)29(28(38)41-20-32-30,27(37)34(2)23-15-17-31-18-16-23)33-42(39,40)25-14-13-21-9-7-8-10-22(21)19-25;/h7-10,13-14,19-20,23-24,31,33H,3-6,11-12,15-18,30H2,1-2H3;1H. The third-order valence-electron chi connectivity index (χ3n) is 8.19. The first-order chi connectivity index (χ1) is 20.2. The number of likely N-dealkylation sites (N-methyl/N-ethyl adjacent to an activating group) is 1. The average molecular weight is 637 g/mol. The number of nitrogens with two attached hydrogens (primary N) is 1. The summed E-state index contributed by atoms with van der Waals surface area (Å²) in [6.07, 6.45) is 5.15. The normalized spacial score (nSPS) is 18.0.